The van der Waals surface area contributed by atoms with Crippen LogP contribution in [0.4, 0.5) is 5.69 Å². The zero-order chi connectivity index (χ0) is 17.1. The van der Waals surface area contributed by atoms with Crippen molar-refractivity contribution in [2.75, 3.05) is 5.32 Å². The molecule has 1 aliphatic carbocycles. The summed E-state index contributed by atoms with van der Waals surface area (Å²) in [6, 6.07) is 6.89. The largest absolute Gasteiger partial charge is 0.347 e. The molecule has 5 nitrogen and oxygen atoms in total. The second-order valence-electron chi connectivity index (χ2n) is 7.45. The maximum atomic E-state index is 12.4. The van der Waals surface area contributed by atoms with Crippen molar-refractivity contribution in [1.82, 2.24) is 5.32 Å². The Morgan fingerprint density at radius 3 is 2.08 bits per heavy atom. The van der Waals surface area contributed by atoms with Gasteiger partial charge in [-0.1, -0.05) is 19.3 Å². The fourth-order valence-corrected chi connectivity index (χ4v) is 2.78. The maximum absolute atomic E-state index is 12.4. The second kappa shape index (κ2) is 7.99. The third kappa shape index (κ3) is 5.49. The van der Waals surface area contributed by atoms with E-state index in [-0.39, 0.29) is 29.8 Å². The number of hydrogen-bond acceptors (Lipinski definition) is 3. The summed E-state index contributed by atoms with van der Waals surface area (Å²) >= 11 is 0. The topological polar surface area (TPSA) is 84.2 Å². The first-order chi connectivity index (χ1) is 10.7. The first kappa shape index (κ1) is 20.5. The molecule has 0 spiro atoms. The Balaban J connectivity index is 0.00000288. The first-order valence-corrected chi connectivity index (χ1v) is 8.23. The van der Waals surface area contributed by atoms with Gasteiger partial charge in [0.25, 0.3) is 5.91 Å². The van der Waals surface area contributed by atoms with Crippen LogP contribution in [0.5, 0.6) is 0 Å². The zero-order valence-electron chi connectivity index (χ0n) is 14.6. The molecule has 2 amide bonds. The quantitative estimate of drug-likeness (QED) is 0.779. The zero-order valence-corrected chi connectivity index (χ0v) is 15.5. The average molecular weight is 354 g/mol. The van der Waals surface area contributed by atoms with Crippen molar-refractivity contribution in [1.29, 1.82) is 0 Å². The van der Waals surface area contributed by atoms with Crippen LogP contribution in [-0.2, 0) is 4.79 Å². The molecule has 0 bridgehead atoms. The Labute approximate surface area is 150 Å². The van der Waals surface area contributed by atoms with Crippen molar-refractivity contribution in [3.8, 4) is 0 Å². The SMILES string of the molecule is CC(C)(C)NC(=O)c1ccc(NC(=O)C2(N)CCCCC2)cc1.Cl. The summed E-state index contributed by atoms with van der Waals surface area (Å²) in [4.78, 5) is 24.5. The van der Waals surface area contributed by atoms with E-state index in [1.165, 1.54) is 0 Å². The van der Waals surface area contributed by atoms with Gasteiger partial charge >= 0.3 is 0 Å². The minimum absolute atomic E-state index is 0. The van der Waals surface area contributed by atoms with Crippen LogP contribution in [0.1, 0.15) is 63.2 Å². The molecule has 0 atom stereocenters. The number of carbonyl (C=O) groups is 2. The number of amides is 2. The maximum Gasteiger partial charge on any atom is 0.251 e. The smallest absolute Gasteiger partial charge is 0.251 e. The predicted molar refractivity (Wildman–Crippen MR) is 99.5 cm³/mol. The Hall–Kier alpha value is -1.59. The molecule has 1 aromatic rings. The molecule has 0 unspecified atom stereocenters. The van der Waals surface area contributed by atoms with E-state index in [0.29, 0.717) is 11.3 Å². The molecule has 0 aliphatic heterocycles. The van der Waals surface area contributed by atoms with E-state index in [0.717, 1.165) is 32.1 Å². The lowest BCUT2D eigenvalue weighted by molar-refractivity contribution is -0.122. The van der Waals surface area contributed by atoms with Crippen LogP contribution in [0.15, 0.2) is 24.3 Å². The van der Waals surface area contributed by atoms with Crippen LogP contribution in [0.25, 0.3) is 0 Å². The molecule has 6 heteroatoms. The summed E-state index contributed by atoms with van der Waals surface area (Å²) in [6.07, 6.45) is 4.59. The van der Waals surface area contributed by atoms with Gasteiger partial charge < -0.3 is 16.4 Å². The fraction of sp³-hybridized carbons (Fsp3) is 0.556. The minimum atomic E-state index is -0.763. The number of nitrogens with one attached hydrogen (secondary N) is 2. The predicted octanol–water partition coefficient (Wildman–Crippen LogP) is 3.24. The van der Waals surface area contributed by atoms with Gasteiger partial charge in [0.15, 0.2) is 0 Å². The third-order valence-corrected chi connectivity index (χ3v) is 4.09. The molecule has 24 heavy (non-hydrogen) atoms. The van der Waals surface area contributed by atoms with Crippen molar-refractivity contribution in [2.24, 2.45) is 5.73 Å². The van der Waals surface area contributed by atoms with Crippen LogP contribution in [0, 0.1) is 0 Å². The van der Waals surface area contributed by atoms with Gasteiger partial charge in [-0.2, -0.15) is 0 Å². The van der Waals surface area contributed by atoms with Gasteiger partial charge in [0.05, 0.1) is 5.54 Å². The van der Waals surface area contributed by atoms with Gasteiger partial charge in [0, 0.05) is 16.8 Å². The van der Waals surface area contributed by atoms with Gasteiger partial charge in [-0.05, 0) is 57.9 Å². The molecule has 1 fully saturated rings. The Bertz CT molecular complexity index is 573. The van der Waals surface area contributed by atoms with Gasteiger partial charge in [-0.25, -0.2) is 0 Å². The molecular weight excluding hydrogens is 326 g/mol. The molecule has 0 radical (unpaired) electrons. The van der Waals surface area contributed by atoms with E-state index < -0.39 is 5.54 Å². The Morgan fingerprint density at radius 2 is 1.58 bits per heavy atom. The number of anilines is 1. The average Bonchev–Trinajstić information content (AvgIpc) is 2.47. The molecular formula is C18H28ClN3O2. The summed E-state index contributed by atoms with van der Waals surface area (Å²) in [6.45, 7) is 5.80. The van der Waals surface area contributed by atoms with E-state index in [1.54, 1.807) is 24.3 Å². The summed E-state index contributed by atoms with van der Waals surface area (Å²) < 4.78 is 0. The number of carbonyl (C=O) groups excluding carboxylic acids is 2. The highest BCUT2D eigenvalue weighted by atomic mass is 35.5. The van der Waals surface area contributed by atoms with Gasteiger partial charge in [-0.3, -0.25) is 9.59 Å². The summed E-state index contributed by atoms with van der Waals surface area (Å²) in [5.41, 5.74) is 6.41. The van der Waals surface area contributed by atoms with Crippen molar-refractivity contribution in [3.05, 3.63) is 29.8 Å². The van der Waals surface area contributed by atoms with Crippen LogP contribution in [0.2, 0.25) is 0 Å². The highest BCUT2D eigenvalue weighted by molar-refractivity contribution is 5.99. The first-order valence-electron chi connectivity index (χ1n) is 8.23. The summed E-state index contributed by atoms with van der Waals surface area (Å²) in [5, 5.41) is 5.78. The normalized spacial score (nSPS) is 16.7. The Morgan fingerprint density at radius 1 is 1.04 bits per heavy atom. The minimum Gasteiger partial charge on any atom is -0.347 e. The number of halogens is 1. The summed E-state index contributed by atoms with van der Waals surface area (Å²) in [7, 11) is 0. The Kier molecular flexibility index (Phi) is 6.81. The summed E-state index contributed by atoms with van der Waals surface area (Å²) in [5.74, 6) is -0.262. The van der Waals surface area contributed by atoms with Crippen molar-refractivity contribution in [2.45, 2.75) is 64.0 Å². The highest BCUT2D eigenvalue weighted by Gasteiger charge is 2.35. The van der Waals surface area contributed by atoms with E-state index in [4.69, 9.17) is 5.73 Å². The monoisotopic (exact) mass is 353 g/mol. The van der Waals surface area contributed by atoms with E-state index in [9.17, 15) is 9.59 Å². The van der Waals surface area contributed by atoms with Gasteiger partial charge in [0.2, 0.25) is 5.91 Å². The number of rotatable bonds is 3. The lowest BCUT2D eigenvalue weighted by Gasteiger charge is -2.31. The fourth-order valence-electron chi connectivity index (χ4n) is 2.78. The highest BCUT2D eigenvalue weighted by Crippen LogP contribution is 2.27. The molecule has 4 N–H and O–H groups in total. The lowest BCUT2D eigenvalue weighted by Crippen LogP contribution is -2.52. The molecule has 1 saturated carbocycles. The standard InChI is InChI=1S/C18H27N3O2.ClH/c1-17(2,3)21-15(22)13-7-9-14(10-8-13)20-16(23)18(19)11-5-4-6-12-18;/h7-10H,4-6,11-12,19H2,1-3H3,(H,20,23)(H,21,22);1H. The third-order valence-electron chi connectivity index (χ3n) is 4.09. The van der Waals surface area contributed by atoms with Crippen molar-refractivity contribution >= 4 is 29.9 Å². The van der Waals surface area contributed by atoms with E-state index in [2.05, 4.69) is 10.6 Å². The van der Waals surface area contributed by atoms with Crippen molar-refractivity contribution < 1.29 is 9.59 Å². The molecule has 0 heterocycles. The molecule has 1 aromatic carbocycles. The molecule has 134 valence electrons. The molecule has 0 saturated heterocycles. The molecule has 1 aliphatic rings. The lowest BCUT2D eigenvalue weighted by atomic mass is 9.82. The van der Waals surface area contributed by atoms with E-state index >= 15 is 0 Å². The van der Waals surface area contributed by atoms with E-state index in [1.807, 2.05) is 20.8 Å². The second-order valence-corrected chi connectivity index (χ2v) is 7.45. The van der Waals surface area contributed by atoms with Gasteiger partial charge in [0.1, 0.15) is 0 Å². The molecule has 0 aromatic heterocycles. The molecule has 2 rings (SSSR count). The number of nitrogens with two attached hydrogens (primary N) is 1. The van der Waals surface area contributed by atoms with Crippen LogP contribution >= 0.6 is 12.4 Å². The van der Waals surface area contributed by atoms with Crippen LogP contribution in [0.3, 0.4) is 0 Å². The number of benzene rings is 1. The van der Waals surface area contributed by atoms with Crippen LogP contribution in [-0.4, -0.2) is 22.9 Å². The van der Waals surface area contributed by atoms with Gasteiger partial charge in [-0.15, -0.1) is 12.4 Å². The number of hydrogen-bond donors (Lipinski definition) is 3. The van der Waals surface area contributed by atoms with Crippen LogP contribution < -0.4 is 16.4 Å². The van der Waals surface area contributed by atoms with Crippen molar-refractivity contribution in [3.63, 3.8) is 0 Å².